The summed E-state index contributed by atoms with van der Waals surface area (Å²) in [5, 5.41) is 10.8. The Morgan fingerprint density at radius 1 is 1.26 bits per heavy atom. The number of hydrogen-bond donors (Lipinski definition) is 1. The molecule has 0 unspecified atom stereocenters. The van der Waals surface area contributed by atoms with Crippen LogP contribution in [0.15, 0.2) is 36.7 Å². The topological polar surface area (TPSA) is 38.0 Å². The molecule has 0 saturated carbocycles. The highest BCUT2D eigenvalue weighted by atomic mass is 16.3. The maximum Gasteiger partial charge on any atom is 0.111 e. The Kier molecular flexibility index (Phi) is 3.15. The Labute approximate surface area is 113 Å². The maximum atomic E-state index is 10.8. The summed E-state index contributed by atoms with van der Waals surface area (Å²) in [4.78, 5) is 4.41. The van der Waals surface area contributed by atoms with Crippen molar-refractivity contribution < 1.29 is 5.11 Å². The number of hydrogen-bond acceptors (Lipinski definition) is 2. The average molecular weight is 256 g/mol. The highest BCUT2D eigenvalue weighted by Gasteiger charge is 2.36. The van der Waals surface area contributed by atoms with E-state index in [9.17, 15) is 5.11 Å². The predicted octanol–water partition coefficient (Wildman–Crippen LogP) is 2.37. The number of nitrogens with zero attached hydrogens (tertiary/aromatic N) is 2. The van der Waals surface area contributed by atoms with Crippen molar-refractivity contribution >= 4 is 0 Å². The van der Waals surface area contributed by atoms with Crippen molar-refractivity contribution in [1.29, 1.82) is 0 Å². The summed E-state index contributed by atoms with van der Waals surface area (Å²) in [6, 6.07) is 8.32. The van der Waals surface area contributed by atoms with E-state index < -0.39 is 5.60 Å². The summed E-state index contributed by atoms with van der Waals surface area (Å²) in [5.74, 6) is 0.997. The number of imidazole rings is 1. The Balaban J connectivity index is 1.79. The Morgan fingerprint density at radius 2 is 1.95 bits per heavy atom. The molecule has 1 aromatic heterocycles. The van der Waals surface area contributed by atoms with Crippen LogP contribution in [-0.4, -0.2) is 20.3 Å². The van der Waals surface area contributed by atoms with Crippen molar-refractivity contribution in [2.24, 2.45) is 0 Å². The van der Waals surface area contributed by atoms with Crippen LogP contribution in [0.2, 0.25) is 0 Å². The zero-order valence-electron chi connectivity index (χ0n) is 11.3. The second-order valence-corrected chi connectivity index (χ2v) is 5.56. The molecular formula is C16H20N2O. The summed E-state index contributed by atoms with van der Waals surface area (Å²) < 4.78 is 2.15. The number of aliphatic hydroxyl groups is 1. The molecule has 3 rings (SSSR count). The van der Waals surface area contributed by atoms with E-state index in [1.165, 1.54) is 11.1 Å². The SMILES string of the molecule is CCCn1ccnc1CC1(O)Cc2ccccc2C1. The molecule has 100 valence electrons. The van der Waals surface area contributed by atoms with Crippen molar-refractivity contribution in [2.75, 3.05) is 0 Å². The van der Waals surface area contributed by atoms with Gasteiger partial charge in [0.1, 0.15) is 5.82 Å². The van der Waals surface area contributed by atoms with Gasteiger partial charge in [0.05, 0.1) is 5.60 Å². The van der Waals surface area contributed by atoms with E-state index in [-0.39, 0.29) is 0 Å². The number of rotatable bonds is 4. The van der Waals surface area contributed by atoms with Crippen LogP contribution >= 0.6 is 0 Å². The van der Waals surface area contributed by atoms with Gasteiger partial charge in [-0.1, -0.05) is 31.2 Å². The zero-order chi connectivity index (χ0) is 13.3. The second-order valence-electron chi connectivity index (χ2n) is 5.56. The molecule has 3 heteroatoms. The summed E-state index contributed by atoms with van der Waals surface area (Å²) >= 11 is 0. The molecule has 0 bridgehead atoms. The third-order valence-electron chi connectivity index (χ3n) is 3.91. The molecular weight excluding hydrogens is 236 g/mol. The fourth-order valence-corrected chi connectivity index (χ4v) is 3.04. The molecule has 0 spiro atoms. The molecule has 0 atom stereocenters. The lowest BCUT2D eigenvalue weighted by Gasteiger charge is -2.22. The largest absolute Gasteiger partial charge is 0.389 e. The Morgan fingerprint density at radius 3 is 2.58 bits per heavy atom. The van der Waals surface area contributed by atoms with E-state index in [0.29, 0.717) is 6.42 Å². The molecule has 0 fully saturated rings. The molecule has 0 aliphatic heterocycles. The van der Waals surface area contributed by atoms with Crippen LogP contribution in [-0.2, 0) is 25.8 Å². The lowest BCUT2D eigenvalue weighted by atomic mass is 9.95. The summed E-state index contributed by atoms with van der Waals surface area (Å²) in [5.41, 5.74) is 1.89. The van der Waals surface area contributed by atoms with Crippen LogP contribution in [0.3, 0.4) is 0 Å². The quantitative estimate of drug-likeness (QED) is 0.912. The maximum absolute atomic E-state index is 10.8. The van der Waals surface area contributed by atoms with Gasteiger partial charge in [-0.15, -0.1) is 0 Å². The van der Waals surface area contributed by atoms with Crippen molar-refractivity contribution in [3.8, 4) is 0 Å². The molecule has 0 amide bonds. The normalized spacial score (nSPS) is 16.5. The van der Waals surface area contributed by atoms with Crippen molar-refractivity contribution in [1.82, 2.24) is 9.55 Å². The van der Waals surface area contributed by atoms with Crippen LogP contribution in [0, 0.1) is 0 Å². The first-order valence-corrected chi connectivity index (χ1v) is 6.99. The van der Waals surface area contributed by atoms with E-state index in [1.54, 1.807) is 0 Å². The van der Waals surface area contributed by atoms with E-state index in [1.807, 2.05) is 24.5 Å². The van der Waals surface area contributed by atoms with Gasteiger partial charge in [-0.05, 0) is 17.5 Å². The highest BCUT2D eigenvalue weighted by Crippen LogP contribution is 2.32. The standard InChI is InChI=1S/C16H20N2O/c1-2-8-18-9-7-17-15(18)12-16(19)10-13-5-3-4-6-14(13)11-16/h3-7,9,19H,2,8,10-12H2,1H3. The molecule has 1 aliphatic carbocycles. The van der Waals surface area contributed by atoms with Gasteiger partial charge in [-0.2, -0.15) is 0 Å². The van der Waals surface area contributed by atoms with Gasteiger partial charge in [0.25, 0.3) is 0 Å². The molecule has 0 radical (unpaired) electrons. The summed E-state index contributed by atoms with van der Waals surface area (Å²) in [7, 11) is 0. The van der Waals surface area contributed by atoms with E-state index in [0.717, 1.165) is 31.6 Å². The van der Waals surface area contributed by atoms with Crippen LogP contribution in [0.4, 0.5) is 0 Å². The average Bonchev–Trinajstić information content (AvgIpc) is 2.93. The fraction of sp³-hybridized carbons (Fsp3) is 0.438. The lowest BCUT2D eigenvalue weighted by molar-refractivity contribution is 0.0489. The molecule has 19 heavy (non-hydrogen) atoms. The Hall–Kier alpha value is -1.61. The van der Waals surface area contributed by atoms with Gasteiger partial charge >= 0.3 is 0 Å². The number of fused-ring (bicyclic) bond motifs is 1. The van der Waals surface area contributed by atoms with Crippen molar-refractivity contribution in [2.45, 2.75) is 44.8 Å². The first-order valence-electron chi connectivity index (χ1n) is 6.99. The van der Waals surface area contributed by atoms with E-state index >= 15 is 0 Å². The number of aryl methyl sites for hydroxylation is 1. The third-order valence-corrected chi connectivity index (χ3v) is 3.91. The van der Waals surface area contributed by atoms with Gasteiger partial charge < -0.3 is 9.67 Å². The van der Waals surface area contributed by atoms with Gasteiger partial charge in [-0.3, -0.25) is 0 Å². The molecule has 1 heterocycles. The van der Waals surface area contributed by atoms with E-state index in [4.69, 9.17) is 0 Å². The second kappa shape index (κ2) is 4.82. The minimum atomic E-state index is -0.666. The minimum Gasteiger partial charge on any atom is -0.389 e. The fourth-order valence-electron chi connectivity index (χ4n) is 3.04. The van der Waals surface area contributed by atoms with Gasteiger partial charge in [0.2, 0.25) is 0 Å². The number of benzene rings is 1. The Bertz CT molecular complexity index is 549. The first kappa shape index (κ1) is 12.4. The minimum absolute atomic E-state index is 0.634. The first-order chi connectivity index (χ1) is 9.20. The molecule has 1 aromatic carbocycles. The molecule has 3 nitrogen and oxygen atoms in total. The monoisotopic (exact) mass is 256 g/mol. The van der Waals surface area contributed by atoms with Gasteiger partial charge in [0, 0.05) is 38.2 Å². The smallest absolute Gasteiger partial charge is 0.111 e. The highest BCUT2D eigenvalue weighted by molar-refractivity contribution is 5.35. The molecule has 1 N–H and O–H groups in total. The van der Waals surface area contributed by atoms with Gasteiger partial charge in [0.15, 0.2) is 0 Å². The summed E-state index contributed by atoms with van der Waals surface area (Å²) in [6.45, 7) is 3.13. The molecule has 1 aliphatic rings. The lowest BCUT2D eigenvalue weighted by Crippen LogP contribution is -2.33. The summed E-state index contributed by atoms with van der Waals surface area (Å²) in [6.07, 6.45) is 7.03. The van der Waals surface area contributed by atoms with Crippen LogP contribution in [0.25, 0.3) is 0 Å². The molecule has 0 saturated heterocycles. The van der Waals surface area contributed by atoms with E-state index in [2.05, 4.69) is 28.6 Å². The van der Waals surface area contributed by atoms with Crippen LogP contribution in [0.5, 0.6) is 0 Å². The van der Waals surface area contributed by atoms with Crippen LogP contribution in [0.1, 0.15) is 30.3 Å². The van der Waals surface area contributed by atoms with Crippen LogP contribution < -0.4 is 0 Å². The molecule has 2 aromatic rings. The third kappa shape index (κ3) is 2.43. The van der Waals surface area contributed by atoms with Crippen molar-refractivity contribution in [3.05, 3.63) is 53.6 Å². The zero-order valence-corrected chi connectivity index (χ0v) is 11.3. The number of aromatic nitrogens is 2. The van der Waals surface area contributed by atoms with Gasteiger partial charge in [-0.25, -0.2) is 4.98 Å². The predicted molar refractivity (Wildman–Crippen MR) is 75.0 cm³/mol. The van der Waals surface area contributed by atoms with Crippen molar-refractivity contribution in [3.63, 3.8) is 0 Å².